The number of carbonyl (C=O) groups excluding carboxylic acids is 2. The lowest BCUT2D eigenvalue weighted by molar-refractivity contribution is 0.0959. The van der Waals surface area contributed by atoms with Gasteiger partial charge in [0.25, 0.3) is 5.91 Å². The zero-order valence-electron chi connectivity index (χ0n) is 17.7. The first-order valence-corrected chi connectivity index (χ1v) is 10.2. The summed E-state index contributed by atoms with van der Waals surface area (Å²) in [5, 5.41) is 5.46. The van der Waals surface area contributed by atoms with Crippen molar-refractivity contribution in [2.24, 2.45) is 0 Å². The van der Waals surface area contributed by atoms with Gasteiger partial charge in [0.05, 0.1) is 5.56 Å². The maximum Gasteiger partial charge on any atom is 0.317 e. The zero-order valence-corrected chi connectivity index (χ0v) is 17.7. The van der Waals surface area contributed by atoms with Gasteiger partial charge in [-0.1, -0.05) is 30.3 Å². The Morgan fingerprint density at radius 3 is 2.57 bits per heavy atom. The van der Waals surface area contributed by atoms with Gasteiger partial charge < -0.3 is 20.4 Å². The number of amides is 3. The third-order valence-corrected chi connectivity index (χ3v) is 5.61. The number of carbonyl (C=O) groups is 2. The third-order valence-electron chi connectivity index (χ3n) is 5.61. The first kappa shape index (κ1) is 21.8. The molecule has 1 aliphatic rings. The number of hydrogen-bond acceptors (Lipinski definition) is 3. The smallest absolute Gasteiger partial charge is 0.317 e. The second-order valence-corrected chi connectivity index (χ2v) is 7.84. The minimum Gasteiger partial charge on any atom is -0.355 e. The van der Waals surface area contributed by atoms with Crippen LogP contribution in [0.25, 0.3) is 0 Å². The van der Waals surface area contributed by atoms with Crippen molar-refractivity contribution in [2.45, 2.75) is 25.4 Å². The lowest BCUT2D eigenvalue weighted by Crippen LogP contribution is -2.48. The summed E-state index contributed by atoms with van der Waals surface area (Å²) in [6.45, 7) is 1.76. The molecule has 1 heterocycles. The fourth-order valence-corrected chi connectivity index (χ4v) is 3.70. The number of likely N-dealkylation sites (N-methyl/N-ethyl adjacent to an activating group) is 1. The van der Waals surface area contributed by atoms with E-state index >= 15 is 0 Å². The van der Waals surface area contributed by atoms with E-state index in [1.807, 2.05) is 36.0 Å². The van der Waals surface area contributed by atoms with E-state index in [1.54, 1.807) is 6.07 Å². The Hall–Kier alpha value is -2.93. The molecule has 3 amide bonds. The van der Waals surface area contributed by atoms with Gasteiger partial charge in [-0.15, -0.1) is 0 Å². The number of nitrogens with one attached hydrogen (secondary N) is 2. The second-order valence-electron chi connectivity index (χ2n) is 7.84. The summed E-state index contributed by atoms with van der Waals surface area (Å²) in [5.41, 5.74) is 3.30. The molecule has 1 aliphatic heterocycles. The SMILES string of the molecule is CNC(=O)c1ccc(CC(CNC(=O)N2CCc3ccccc3C2)N(C)C)cc1F. The molecule has 7 heteroatoms. The Morgan fingerprint density at radius 1 is 1.17 bits per heavy atom. The molecular weight excluding hydrogens is 383 g/mol. The lowest BCUT2D eigenvalue weighted by atomic mass is 10.0. The first-order valence-electron chi connectivity index (χ1n) is 10.2. The molecule has 0 aromatic heterocycles. The Bertz CT molecular complexity index is 916. The number of nitrogens with zero attached hydrogens (tertiary/aromatic N) is 2. The van der Waals surface area contributed by atoms with E-state index in [-0.39, 0.29) is 17.6 Å². The summed E-state index contributed by atoms with van der Waals surface area (Å²) in [6, 6.07) is 12.8. The molecule has 3 rings (SSSR count). The second kappa shape index (κ2) is 9.71. The molecule has 160 valence electrons. The van der Waals surface area contributed by atoms with Crippen LogP contribution in [0.4, 0.5) is 9.18 Å². The molecule has 2 aromatic rings. The van der Waals surface area contributed by atoms with Crippen LogP contribution in [0.2, 0.25) is 0 Å². The van der Waals surface area contributed by atoms with Crippen LogP contribution in [0.5, 0.6) is 0 Å². The van der Waals surface area contributed by atoms with Gasteiger partial charge in [0.1, 0.15) is 5.82 Å². The highest BCUT2D eigenvalue weighted by Gasteiger charge is 2.22. The molecule has 6 nitrogen and oxygen atoms in total. The normalized spacial score (nSPS) is 14.2. The molecule has 30 heavy (non-hydrogen) atoms. The average molecular weight is 413 g/mol. The monoisotopic (exact) mass is 412 g/mol. The summed E-state index contributed by atoms with van der Waals surface area (Å²) in [5.74, 6) is -0.987. The van der Waals surface area contributed by atoms with Crippen LogP contribution in [-0.2, 0) is 19.4 Å². The number of halogens is 1. The van der Waals surface area contributed by atoms with Crippen molar-refractivity contribution < 1.29 is 14.0 Å². The maximum absolute atomic E-state index is 14.3. The largest absolute Gasteiger partial charge is 0.355 e. The molecular formula is C23H29FN4O2. The maximum atomic E-state index is 14.3. The highest BCUT2D eigenvalue weighted by molar-refractivity contribution is 5.94. The van der Waals surface area contributed by atoms with Crippen LogP contribution in [0.1, 0.15) is 27.0 Å². The van der Waals surface area contributed by atoms with Crippen LogP contribution in [0.15, 0.2) is 42.5 Å². The number of fused-ring (bicyclic) bond motifs is 1. The summed E-state index contributed by atoms with van der Waals surface area (Å²) in [7, 11) is 5.34. The van der Waals surface area contributed by atoms with Crippen molar-refractivity contribution in [1.29, 1.82) is 0 Å². The minimum atomic E-state index is -0.541. The Labute approximate surface area is 177 Å². The summed E-state index contributed by atoms with van der Waals surface area (Å²) in [4.78, 5) is 28.2. The highest BCUT2D eigenvalue weighted by Crippen LogP contribution is 2.18. The van der Waals surface area contributed by atoms with Gasteiger partial charge in [0.2, 0.25) is 0 Å². The fraction of sp³-hybridized carbons (Fsp3) is 0.391. The van der Waals surface area contributed by atoms with Crippen molar-refractivity contribution >= 4 is 11.9 Å². The van der Waals surface area contributed by atoms with Crippen molar-refractivity contribution in [3.63, 3.8) is 0 Å². The third kappa shape index (κ3) is 5.16. The summed E-state index contributed by atoms with van der Waals surface area (Å²) in [6.07, 6.45) is 1.42. The van der Waals surface area contributed by atoms with E-state index < -0.39 is 11.7 Å². The molecule has 0 spiro atoms. The van der Waals surface area contributed by atoms with E-state index in [1.165, 1.54) is 30.3 Å². The van der Waals surface area contributed by atoms with E-state index in [0.717, 1.165) is 12.0 Å². The van der Waals surface area contributed by atoms with Crippen LogP contribution >= 0.6 is 0 Å². The van der Waals surface area contributed by atoms with Crippen LogP contribution < -0.4 is 10.6 Å². The van der Waals surface area contributed by atoms with E-state index in [9.17, 15) is 14.0 Å². The van der Waals surface area contributed by atoms with Gasteiger partial charge >= 0.3 is 6.03 Å². The summed E-state index contributed by atoms with van der Waals surface area (Å²) < 4.78 is 14.3. The van der Waals surface area contributed by atoms with Gasteiger partial charge in [-0.05, 0) is 55.8 Å². The van der Waals surface area contributed by atoms with Crippen molar-refractivity contribution in [3.05, 3.63) is 70.5 Å². The molecule has 0 saturated heterocycles. The molecule has 0 radical (unpaired) electrons. The fourth-order valence-electron chi connectivity index (χ4n) is 3.70. The Balaban J connectivity index is 1.59. The van der Waals surface area contributed by atoms with Gasteiger partial charge in [-0.2, -0.15) is 0 Å². The van der Waals surface area contributed by atoms with Gasteiger partial charge in [-0.3, -0.25) is 4.79 Å². The molecule has 1 atom stereocenters. The minimum absolute atomic E-state index is 0.00345. The summed E-state index contributed by atoms with van der Waals surface area (Å²) >= 11 is 0. The van der Waals surface area contributed by atoms with Crippen molar-refractivity contribution in [2.75, 3.05) is 34.2 Å². The quantitative estimate of drug-likeness (QED) is 0.766. The van der Waals surface area contributed by atoms with E-state index in [4.69, 9.17) is 0 Å². The van der Waals surface area contributed by atoms with Gasteiger partial charge in [-0.25, -0.2) is 9.18 Å². The number of urea groups is 1. The standard InChI is InChI=1S/C23H29FN4O2/c1-25-22(29)20-9-8-16(13-21(20)24)12-19(27(2)3)14-26-23(30)28-11-10-17-6-4-5-7-18(17)15-28/h4-9,13,19H,10-12,14-15H2,1-3H3,(H,25,29)(H,26,30). The predicted molar refractivity (Wildman–Crippen MR) is 115 cm³/mol. The average Bonchev–Trinajstić information content (AvgIpc) is 2.75. The number of hydrogen-bond donors (Lipinski definition) is 2. The van der Waals surface area contributed by atoms with Crippen LogP contribution in [-0.4, -0.2) is 62.0 Å². The molecule has 0 aliphatic carbocycles. The van der Waals surface area contributed by atoms with Crippen LogP contribution in [0, 0.1) is 5.82 Å². The molecule has 2 aromatic carbocycles. The highest BCUT2D eigenvalue weighted by atomic mass is 19.1. The lowest BCUT2D eigenvalue weighted by Gasteiger charge is -2.31. The van der Waals surface area contributed by atoms with Crippen molar-refractivity contribution in [3.8, 4) is 0 Å². The van der Waals surface area contributed by atoms with Gasteiger partial charge in [0, 0.05) is 32.7 Å². The molecule has 0 fully saturated rings. The Morgan fingerprint density at radius 2 is 1.90 bits per heavy atom. The van der Waals surface area contributed by atoms with E-state index in [2.05, 4.69) is 22.8 Å². The van der Waals surface area contributed by atoms with E-state index in [0.29, 0.717) is 26.1 Å². The van der Waals surface area contributed by atoms with Gasteiger partial charge in [0.15, 0.2) is 0 Å². The first-order chi connectivity index (χ1) is 14.4. The molecule has 2 N–H and O–H groups in total. The predicted octanol–water partition coefficient (Wildman–Crippen LogP) is 2.43. The Kier molecular flexibility index (Phi) is 7.05. The molecule has 0 saturated carbocycles. The molecule has 0 bridgehead atoms. The molecule has 1 unspecified atom stereocenters. The number of benzene rings is 2. The van der Waals surface area contributed by atoms with Crippen molar-refractivity contribution in [1.82, 2.24) is 20.4 Å². The topological polar surface area (TPSA) is 64.7 Å². The zero-order chi connectivity index (χ0) is 21.7. The number of rotatable bonds is 6. The van der Waals surface area contributed by atoms with Crippen LogP contribution in [0.3, 0.4) is 0 Å².